The summed E-state index contributed by atoms with van der Waals surface area (Å²) in [5.74, 6) is -0.167. The van der Waals surface area contributed by atoms with E-state index in [1.807, 2.05) is 48.5 Å². The molecule has 0 saturated heterocycles. The van der Waals surface area contributed by atoms with Gasteiger partial charge in [0.25, 0.3) is 5.91 Å². The normalized spacial score (nSPS) is 13.2. The number of hydrogen-bond donors (Lipinski definition) is 1. The molecular weight excluding hydrogens is 362 g/mol. The van der Waals surface area contributed by atoms with Gasteiger partial charge >= 0.3 is 5.97 Å². The number of nitrogens with one attached hydrogen (secondary N) is 1. The van der Waals surface area contributed by atoms with Crippen molar-refractivity contribution < 1.29 is 15.8 Å². The molecule has 0 bridgehead atoms. The maximum atomic E-state index is 12.3. The monoisotopic (exact) mass is 393 g/mol. The Morgan fingerprint density at radius 1 is 0.966 bits per heavy atom. The summed E-state index contributed by atoms with van der Waals surface area (Å²) in [5.41, 5.74) is 1.78. The average molecular weight is 394 g/mol. The quantitative estimate of drug-likeness (QED) is 0.423. The molecule has 1 amide bonds. The number of carbonyl (C=O) groups is 2. The molecule has 0 radical (unpaired) electrons. The van der Waals surface area contributed by atoms with Crippen molar-refractivity contribution in [3.05, 3.63) is 71.8 Å². The Morgan fingerprint density at radius 3 is 2.62 bits per heavy atom. The molecule has 4 heteroatoms. The number of rotatable bonds is 10. The van der Waals surface area contributed by atoms with Gasteiger partial charge in [-0.1, -0.05) is 61.4 Å². The van der Waals surface area contributed by atoms with E-state index in [0.717, 1.165) is 54.9 Å². The van der Waals surface area contributed by atoms with Crippen molar-refractivity contribution in [1.29, 1.82) is 0 Å². The van der Waals surface area contributed by atoms with E-state index in [-0.39, 0.29) is 13.3 Å². The maximum absolute atomic E-state index is 12.3. The highest BCUT2D eigenvalue weighted by atomic mass is 16.5. The highest BCUT2D eigenvalue weighted by Crippen LogP contribution is 2.15. The molecule has 0 aliphatic heterocycles. The van der Waals surface area contributed by atoms with Crippen molar-refractivity contribution in [3.8, 4) is 0 Å². The Bertz CT molecular complexity index is 904. The van der Waals surface area contributed by atoms with Crippen LogP contribution >= 0.6 is 0 Å². The van der Waals surface area contributed by atoms with Crippen LogP contribution in [0.3, 0.4) is 0 Å². The first-order valence-electron chi connectivity index (χ1n) is 10.5. The molecule has 0 heterocycles. The minimum absolute atomic E-state index is 0. The van der Waals surface area contributed by atoms with Crippen molar-refractivity contribution in [2.24, 2.45) is 0 Å². The average Bonchev–Trinajstić information content (AvgIpc) is 2.77. The molecule has 1 aliphatic rings. The van der Waals surface area contributed by atoms with Gasteiger partial charge in [0, 0.05) is 20.0 Å². The van der Waals surface area contributed by atoms with Gasteiger partial charge in [0.1, 0.15) is 6.61 Å². The van der Waals surface area contributed by atoms with E-state index in [9.17, 15) is 9.59 Å². The Morgan fingerprint density at radius 2 is 1.79 bits per heavy atom. The van der Waals surface area contributed by atoms with Crippen LogP contribution in [-0.4, -0.2) is 25.0 Å². The second-order valence-electron chi connectivity index (χ2n) is 7.40. The highest BCUT2D eigenvalue weighted by Gasteiger charge is 2.07. The predicted octanol–water partition coefficient (Wildman–Crippen LogP) is 5.59. The lowest BCUT2D eigenvalue weighted by Gasteiger charge is -2.08. The second kappa shape index (κ2) is 11.2. The highest BCUT2D eigenvalue weighted by molar-refractivity contribution is 5.98. The summed E-state index contributed by atoms with van der Waals surface area (Å²) in [7, 11) is 0. The number of unbranched alkanes of at least 4 members (excludes halogenated alkanes) is 3. The molecule has 1 aliphatic carbocycles. The molecule has 3 rings (SSSR count). The zero-order valence-corrected chi connectivity index (χ0v) is 16.9. The molecule has 0 unspecified atom stereocenters. The van der Waals surface area contributed by atoms with Crippen LogP contribution in [0.2, 0.25) is 0 Å². The molecule has 1 N–H and O–H groups in total. The summed E-state index contributed by atoms with van der Waals surface area (Å²) in [4.78, 5) is 24.1. The van der Waals surface area contributed by atoms with Crippen molar-refractivity contribution in [1.82, 2.24) is 5.32 Å². The Balaban J connectivity index is 0.00000320. The molecule has 0 saturated carbocycles. The minimum Gasteiger partial charge on any atom is -0.461 e. The summed E-state index contributed by atoms with van der Waals surface area (Å²) >= 11 is 0. The first kappa shape index (κ1) is 20.8. The van der Waals surface area contributed by atoms with Crippen LogP contribution in [0.25, 0.3) is 10.8 Å². The maximum Gasteiger partial charge on any atom is 0.306 e. The number of hydrogen-bond acceptors (Lipinski definition) is 3. The minimum atomic E-state index is -0.130. The van der Waals surface area contributed by atoms with Gasteiger partial charge in [-0.2, -0.15) is 0 Å². The lowest BCUT2D eigenvalue weighted by atomic mass is 10.1. The van der Waals surface area contributed by atoms with Crippen LogP contribution in [-0.2, 0) is 9.53 Å². The predicted molar refractivity (Wildman–Crippen MR) is 119 cm³/mol. The molecular formula is C25H31NO3. The van der Waals surface area contributed by atoms with Gasteiger partial charge in [-0.3, -0.25) is 9.59 Å². The van der Waals surface area contributed by atoms with Crippen molar-refractivity contribution in [3.63, 3.8) is 0 Å². The lowest BCUT2D eigenvalue weighted by Crippen LogP contribution is -2.24. The van der Waals surface area contributed by atoms with E-state index in [1.165, 1.54) is 0 Å². The molecule has 0 spiro atoms. The largest absolute Gasteiger partial charge is 0.461 e. The number of ether oxygens (including phenoxy) is 1. The van der Waals surface area contributed by atoms with Gasteiger partial charge in [-0.25, -0.2) is 0 Å². The molecule has 154 valence electrons. The van der Waals surface area contributed by atoms with Gasteiger partial charge in [0.15, 0.2) is 0 Å². The zero-order chi connectivity index (χ0) is 20.3. The number of carbonyl (C=O) groups excluding carboxylic acids is 2. The van der Waals surface area contributed by atoms with Crippen LogP contribution in [0.1, 0.15) is 56.7 Å². The fraction of sp³-hybridized carbons (Fsp3) is 0.360. The fourth-order valence-corrected chi connectivity index (χ4v) is 3.39. The number of benzene rings is 2. The van der Waals surface area contributed by atoms with E-state index < -0.39 is 0 Å². The first-order chi connectivity index (χ1) is 14.2. The number of esters is 1. The Hall–Kier alpha value is -2.88. The van der Waals surface area contributed by atoms with E-state index >= 15 is 0 Å². The summed E-state index contributed by atoms with van der Waals surface area (Å²) in [5, 5.41) is 5.18. The number of amides is 1. The van der Waals surface area contributed by atoms with E-state index in [2.05, 4.69) is 17.5 Å². The van der Waals surface area contributed by atoms with Crippen LogP contribution in [0.15, 0.2) is 66.3 Å². The molecule has 0 fully saturated rings. The lowest BCUT2D eigenvalue weighted by molar-refractivity contribution is -0.142. The molecule has 0 atom stereocenters. The van der Waals surface area contributed by atoms with Gasteiger partial charge in [0.05, 0.1) is 0 Å². The molecule has 4 nitrogen and oxygen atoms in total. The Labute approximate surface area is 174 Å². The second-order valence-corrected chi connectivity index (χ2v) is 7.40. The molecule has 2 aromatic carbocycles. The smallest absolute Gasteiger partial charge is 0.306 e. The third-order valence-electron chi connectivity index (χ3n) is 5.08. The zero-order valence-electron chi connectivity index (χ0n) is 16.9. The standard InChI is InChI=1S/C25H29NO3.H2/c27-24(29-19-20-10-4-3-5-11-20)14-6-1-2-9-17-26-25(28)23-16-15-21-12-7-8-13-22(21)18-23;/h4,7-8,10-13,15-16,18H,1-3,5-6,9,14,17,19H2,(H,26,28);1H. The van der Waals surface area contributed by atoms with Crippen molar-refractivity contribution in [2.75, 3.05) is 13.2 Å². The summed E-state index contributed by atoms with van der Waals surface area (Å²) in [6.07, 6.45) is 12.5. The van der Waals surface area contributed by atoms with E-state index in [4.69, 9.17) is 4.74 Å². The van der Waals surface area contributed by atoms with Crippen LogP contribution in [0.4, 0.5) is 0 Å². The van der Waals surface area contributed by atoms with Crippen molar-refractivity contribution in [2.45, 2.75) is 44.9 Å². The van der Waals surface area contributed by atoms with Crippen LogP contribution < -0.4 is 5.32 Å². The molecule has 2 aromatic rings. The third-order valence-corrected chi connectivity index (χ3v) is 5.08. The summed E-state index contributed by atoms with van der Waals surface area (Å²) in [6.45, 7) is 1.03. The molecule has 0 aromatic heterocycles. The fourth-order valence-electron chi connectivity index (χ4n) is 3.39. The summed E-state index contributed by atoms with van der Waals surface area (Å²) in [6, 6.07) is 13.8. The number of allylic oxidation sites excluding steroid dienone is 2. The Kier molecular flexibility index (Phi) is 8.05. The third kappa shape index (κ3) is 6.90. The van der Waals surface area contributed by atoms with Crippen LogP contribution in [0.5, 0.6) is 0 Å². The van der Waals surface area contributed by atoms with E-state index in [1.54, 1.807) is 0 Å². The van der Waals surface area contributed by atoms with Gasteiger partial charge in [-0.15, -0.1) is 0 Å². The van der Waals surface area contributed by atoms with Crippen LogP contribution in [0, 0.1) is 0 Å². The summed E-state index contributed by atoms with van der Waals surface area (Å²) < 4.78 is 5.30. The van der Waals surface area contributed by atoms with E-state index in [0.29, 0.717) is 25.1 Å². The van der Waals surface area contributed by atoms with Crippen molar-refractivity contribution >= 4 is 22.6 Å². The molecule has 29 heavy (non-hydrogen) atoms. The van der Waals surface area contributed by atoms with Gasteiger partial charge in [0.2, 0.25) is 0 Å². The van der Waals surface area contributed by atoms with Gasteiger partial charge < -0.3 is 10.1 Å². The first-order valence-corrected chi connectivity index (χ1v) is 10.5. The SMILES string of the molecule is O=C(CCCCCCNC(=O)c1ccc2ccccc2c1)OCC1=CCCC=C1.[HH]. The topological polar surface area (TPSA) is 55.4 Å². The number of fused-ring (bicyclic) bond motifs is 1. The van der Waals surface area contributed by atoms with Gasteiger partial charge in [-0.05, 0) is 54.2 Å².